The quantitative estimate of drug-likeness (QED) is 0.728. The molecule has 1 fully saturated rings. The van der Waals surface area contributed by atoms with Crippen molar-refractivity contribution in [2.24, 2.45) is 5.92 Å². The van der Waals surface area contributed by atoms with Crippen LogP contribution in [0.1, 0.15) is 42.6 Å². The second kappa shape index (κ2) is 7.50. The van der Waals surface area contributed by atoms with Crippen molar-refractivity contribution in [2.75, 3.05) is 30.3 Å². The van der Waals surface area contributed by atoms with Crippen molar-refractivity contribution in [1.29, 1.82) is 0 Å². The largest absolute Gasteiger partial charge is 0.466 e. The molecule has 3 rings (SSSR count). The number of sulfonamides is 1. The van der Waals surface area contributed by atoms with E-state index in [9.17, 15) is 18.0 Å². The van der Waals surface area contributed by atoms with Gasteiger partial charge in [-0.2, -0.15) is 0 Å². The van der Waals surface area contributed by atoms with Crippen LogP contribution in [0.15, 0.2) is 18.2 Å². The van der Waals surface area contributed by atoms with Crippen LogP contribution < -0.4 is 4.31 Å². The van der Waals surface area contributed by atoms with Crippen LogP contribution in [-0.2, 0) is 26.0 Å². The van der Waals surface area contributed by atoms with Crippen molar-refractivity contribution in [2.45, 2.75) is 39.2 Å². The van der Waals surface area contributed by atoms with Crippen LogP contribution in [0.25, 0.3) is 0 Å². The average Bonchev–Trinajstić information content (AvgIpc) is 2.96. The molecular formula is C19H26N2O5S. The molecule has 0 bridgehead atoms. The summed E-state index contributed by atoms with van der Waals surface area (Å²) in [5.74, 6) is -0.656. The second-order valence-electron chi connectivity index (χ2n) is 7.30. The average molecular weight is 394 g/mol. The molecule has 2 aliphatic rings. The van der Waals surface area contributed by atoms with E-state index in [2.05, 4.69) is 0 Å². The molecule has 1 saturated heterocycles. The number of nitrogens with zero attached hydrogens (tertiary/aromatic N) is 2. The number of benzene rings is 1. The lowest BCUT2D eigenvalue weighted by atomic mass is 9.97. The maximum absolute atomic E-state index is 12.9. The fraction of sp³-hybridized carbons (Fsp3) is 0.579. The van der Waals surface area contributed by atoms with E-state index in [4.69, 9.17) is 4.74 Å². The van der Waals surface area contributed by atoms with E-state index in [1.54, 1.807) is 30.0 Å². The van der Waals surface area contributed by atoms with E-state index >= 15 is 0 Å². The topological polar surface area (TPSA) is 84.0 Å². The minimum absolute atomic E-state index is 0.128. The number of fused-ring (bicyclic) bond motifs is 1. The second-order valence-corrected chi connectivity index (χ2v) is 9.16. The van der Waals surface area contributed by atoms with Crippen LogP contribution in [0, 0.1) is 5.92 Å². The van der Waals surface area contributed by atoms with E-state index in [-0.39, 0.29) is 23.8 Å². The molecule has 0 unspecified atom stereocenters. The molecule has 1 aromatic carbocycles. The lowest BCUT2D eigenvalue weighted by Gasteiger charge is -2.31. The summed E-state index contributed by atoms with van der Waals surface area (Å²) in [6.07, 6.45) is 3.27. The molecule has 2 atom stereocenters. The first-order valence-corrected chi connectivity index (χ1v) is 11.2. The highest BCUT2D eigenvalue weighted by Gasteiger charge is 2.34. The van der Waals surface area contributed by atoms with E-state index in [0.717, 1.165) is 18.4 Å². The fourth-order valence-corrected chi connectivity index (χ4v) is 5.30. The number of carbonyl (C=O) groups excluding carboxylic acids is 2. The van der Waals surface area contributed by atoms with E-state index in [1.807, 2.05) is 6.92 Å². The molecule has 0 saturated carbocycles. The Hall–Kier alpha value is -2.09. The van der Waals surface area contributed by atoms with Crippen LogP contribution >= 0.6 is 0 Å². The number of esters is 1. The Kier molecular flexibility index (Phi) is 5.46. The molecular weight excluding hydrogens is 368 g/mol. The normalized spacial score (nSPS) is 22.5. The first-order chi connectivity index (χ1) is 12.7. The number of anilines is 1. The Morgan fingerprint density at radius 2 is 2.04 bits per heavy atom. The number of piperidine rings is 1. The summed E-state index contributed by atoms with van der Waals surface area (Å²) in [4.78, 5) is 26.6. The zero-order valence-electron chi connectivity index (χ0n) is 16.0. The van der Waals surface area contributed by atoms with Crippen LogP contribution in [0.2, 0.25) is 0 Å². The maximum Gasteiger partial charge on any atom is 0.310 e. The number of carbonyl (C=O) groups is 2. The van der Waals surface area contributed by atoms with Gasteiger partial charge in [-0.25, -0.2) is 8.42 Å². The van der Waals surface area contributed by atoms with E-state index in [0.29, 0.717) is 37.4 Å². The first-order valence-electron chi connectivity index (χ1n) is 9.30. The van der Waals surface area contributed by atoms with Crippen molar-refractivity contribution in [3.63, 3.8) is 0 Å². The third kappa shape index (κ3) is 3.95. The lowest BCUT2D eigenvalue weighted by Crippen LogP contribution is -2.42. The fourth-order valence-electron chi connectivity index (χ4n) is 4.04. The van der Waals surface area contributed by atoms with Crippen LogP contribution in [-0.4, -0.2) is 57.2 Å². The zero-order valence-corrected chi connectivity index (χ0v) is 16.8. The molecule has 7 nitrogen and oxygen atoms in total. The van der Waals surface area contributed by atoms with Gasteiger partial charge in [0.1, 0.15) is 0 Å². The highest BCUT2D eigenvalue weighted by molar-refractivity contribution is 7.92. The summed E-state index contributed by atoms with van der Waals surface area (Å²) < 4.78 is 30.6. The summed E-state index contributed by atoms with van der Waals surface area (Å²) >= 11 is 0. The Morgan fingerprint density at radius 1 is 1.30 bits per heavy atom. The summed E-state index contributed by atoms with van der Waals surface area (Å²) in [6.45, 7) is 4.94. The number of hydrogen-bond donors (Lipinski definition) is 0. The number of likely N-dealkylation sites (tertiary alicyclic amines) is 1. The van der Waals surface area contributed by atoms with Crippen LogP contribution in [0.4, 0.5) is 5.69 Å². The molecule has 27 heavy (non-hydrogen) atoms. The lowest BCUT2D eigenvalue weighted by molar-refractivity contribution is -0.149. The van der Waals surface area contributed by atoms with Crippen molar-refractivity contribution in [3.05, 3.63) is 29.3 Å². The van der Waals surface area contributed by atoms with Gasteiger partial charge in [0, 0.05) is 24.7 Å². The smallest absolute Gasteiger partial charge is 0.310 e. The predicted octanol–water partition coefficient (Wildman–Crippen LogP) is 1.81. The third-order valence-corrected chi connectivity index (χ3v) is 6.44. The van der Waals surface area contributed by atoms with Gasteiger partial charge >= 0.3 is 5.97 Å². The van der Waals surface area contributed by atoms with Gasteiger partial charge in [0.15, 0.2) is 0 Å². The number of ether oxygens (including phenoxy) is 1. The van der Waals surface area contributed by atoms with Crippen LogP contribution in [0.5, 0.6) is 0 Å². The van der Waals surface area contributed by atoms with Crippen molar-refractivity contribution in [1.82, 2.24) is 4.90 Å². The van der Waals surface area contributed by atoms with Gasteiger partial charge in [-0.3, -0.25) is 13.9 Å². The highest BCUT2D eigenvalue weighted by Crippen LogP contribution is 2.35. The number of amides is 1. The zero-order chi connectivity index (χ0) is 19.8. The van der Waals surface area contributed by atoms with Crippen molar-refractivity contribution >= 4 is 27.6 Å². The third-order valence-electron chi connectivity index (χ3n) is 5.17. The van der Waals surface area contributed by atoms with Gasteiger partial charge in [-0.15, -0.1) is 0 Å². The predicted molar refractivity (Wildman–Crippen MR) is 102 cm³/mol. The van der Waals surface area contributed by atoms with E-state index in [1.165, 1.54) is 10.6 Å². The molecule has 1 aromatic rings. The van der Waals surface area contributed by atoms with Gasteiger partial charge in [0.25, 0.3) is 5.91 Å². The summed E-state index contributed by atoms with van der Waals surface area (Å²) in [6, 6.07) is 5.00. The molecule has 0 spiro atoms. The molecule has 2 aliphatic heterocycles. The maximum atomic E-state index is 12.9. The minimum Gasteiger partial charge on any atom is -0.466 e. The number of hydrogen-bond acceptors (Lipinski definition) is 5. The Morgan fingerprint density at radius 3 is 2.70 bits per heavy atom. The van der Waals surface area contributed by atoms with Gasteiger partial charge in [0.05, 0.1) is 24.5 Å². The molecule has 0 N–H and O–H groups in total. The molecule has 148 valence electrons. The monoisotopic (exact) mass is 394 g/mol. The minimum atomic E-state index is -3.35. The van der Waals surface area contributed by atoms with Gasteiger partial charge in [-0.1, -0.05) is 0 Å². The molecule has 2 heterocycles. The van der Waals surface area contributed by atoms with Crippen molar-refractivity contribution in [3.8, 4) is 0 Å². The molecule has 8 heteroatoms. The standard InChI is InChI=1S/C19H26N2O5S/c1-4-26-19(23)15-6-5-9-20(12-15)18(22)14-7-8-17-16(11-14)10-13(2)21(17)27(3,24)25/h7-8,11,13,15H,4-6,9-10,12H2,1-3H3/t13-,15-/m0/s1. The van der Waals surface area contributed by atoms with Gasteiger partial charge < -0.3 is 9.64 Å². The number of rotatable bonds is 4. The van der Waals surface area contributed by atoms with Gasteiger partial charge in [0.2, 0.25) is 10.0 Å². The molecule has 1 amide bonds. The SMILES string of the molecule is CCOC(=O)[C@H]1CCCN(C(=O)c2ccc3c(c2)C[C@H](C)N3S(C)(=O)=O)C1. The summed E-state index contributed by atoms with van der Waals surface area (Å²) in [5.41, 5.74) is 2.03. The van der Waals surface area contributed by atoms with Gasteiger partial charge in [-0.05, 0) is 56.9 Å². The van der Waals surface area contributed by atoms with Crippen LogP contribution in [0.3, 0.4) is 0 Å². The Labute approximate surface area is 160 Å². The first kappa shape index (κ1) is 19.7. The molecule has 0 aromatic heterocycles. The summed E-state index contributed by atoms with van der Waals surface area (Å²) in [5, 5.41) is 0. The summed E-state index contributed by atoms with van der Waals surface area (Å²) in [7, 11) is -3.35. The van der Waals surface area contributed by atoms with Crippen molar-refractivity contribution < 1.29 is 22.7 Å². The molecule has 0 aliphatic carbocycles. The Balaban J connectivity index is 1.79. The Bertz CT molecular complexity index is 852. The molecule has 0 radical (unpaired) electrons. The highest BCUT2D eigenvalue weighted by atomic mass is 32.2. The van der Waals surface area contributed by atoms with E-state index < -0.39 is 10.0 Å².